The topological polar surface area (TPSA) is 189 Å². The first-order valence-electron chi connectivity index (χ1n) is 17.1. The number of aliphatic carboxylic acids is 1. The number of carboxylic acid groups (broad SMARTS) is 1. The van der Waals surface area contributed by atoms with Crippen molar-refractivity contribution in [2.75, 3.05) is 48.2 Å². The molecule has 9 atom stereocenters. The van der Waals surface area contributed by atoms with E-state index in [2.05, 4.69) is 4.90 Å². The second-order valence-electron chi connectivity index (χ2n) is 13.8. The summed E-state index contributed by atoms with van der Waals surface area (Å²) in [4.78, 5) is 42.0. The Balaban J connectivity index is 1.34. The lowest BCUT2D eigenvalue weighted by molar-refractivity contribution is -0.256. The molecule has 2 aliphatic carbocycles. The number of hydrogen-bond donors (Lipinski definition) is 3. The number of methoxy groups -OCH3 is 4. The molecule has 0 spiro atoms. The number of ether oxygens (including phenoxy) is 8. The largest absolute Gasteiger partial charge is 0.507 e. The van der Waals surface area contributed by atoms with Crippen molar-refractivity contribution in [2.24, 2.45) is 5.41 Å². The van der Waals surface area contributed by atoms with Crippen molar-refractivity contribution >= 4 is 17.5 Å². The van der Waals surface area contributed by atoms with E-state index in [0.717, 1.165) is 6.08 Å². The highest BCUT2D eigenvalue weighted by Crippen LogP contribution is 2.56. The summed E-state index contributed by atoms with van der Waals surface area (Å²) < 4.78 is 47.8. The summed E-state index contributed by atoms with van der Waals surface area (Å²) in [6, 6.07) is 4.44. The molecule has 3 fully saturated rings. The molecular formula is C37H43NO14. The van der Waals surface area contributed by atoms with Crippen LogP contribution in [-0.2, 0) is 44.4 Å². The maximum atomic E-state index is 14.2. The molecule has 0 radical (unpaired) electrons. The number of rotatable bonds is 10. The van der Waals surface area contributed by atoms with Gasteiger partial charge in [-0.2, -0.15) is 0 Å². The number of carboxylic acids is 1. The molecule has 52 heavy (non-hydrogen) atoms. The maximum absolute atomic E-state index is 14.2. The van der Waals surface area contributed by atoms with Crippen molar-refractivity contribution in [3.8, 4) is 17.2 Å². The Kier molecular flexibility index (Phi) is 9.90. The Morgan fingerprint density at radius 3 is 2.54 bits per heavy atom. The van der Waals surface area contributed by atoms with Crippen LogP contribution in [0.3, 0.4) is 0 Å². The van der Waals surface area contributed by atoms with Crippen LogP contribution in [0.1, 0.15) is 68.8 Å². The van der Waals surface area contributed by atoms with Crippen molar-refractivity contribution in [1.82, 2.24) is 4.90 Å². The first kappa shape index (κ1) is 36.4. The Bertz CT molecular complexity index is 1790. The number of phenols is 2. The Hall–Kier alpha value is -3.93. The zero-order chi connectivity index (χ0) is 37.1. The van der Waals surface area contributed by atoms with Gasteiger partial charge in [0, 0.05) is 68.5 Å². The van der Waals surface area contributed by atoms with Gasteiger partial charge >= 0.3 is 5.97 Å². The second-order valence-corrected chi connectivity index (χ2v) is 13.8. The molecule has 0 saturated carbocycles. The standard InChI is InChI=1S/C37H43NO14/c1-17-34-20(38-11-12-49-36(48-5)35(38)52-34)13-25(50-17)51-22-15-37(16-45-2,23(47-4)9-10-24(39)40)14-19-27(22)33(44)29-28(31(19)42)30(41)18-7-6-8-21(46-3)26(18)32(29)43/h6-10,17,20,22-23,25,34-36,42,44H,11-16H2,1-5H3,(H,39,40)/b10-9-/t17-,20-,22-,23?,25-,34+,35+,36-,37+/m0/s1. The lowest BCUT2D eigenvalue weighted by atomic mass is 9.65. The van der Waals surface area contributed by atoms with Crippen LogP contribution in [0.5, 0.6) is 17.2 Å². The van der Waals surface area contributed by atoms with Crippen molar-refractivity contribution in [3.05, 3.63) is 63.7 Å². The predicted molar refractivity (Wildman–Crippen MR) is 179 cm³/mol. The predicted octanol–water partition coefficient (Wildman–Crippen LogP) is 2.71. The number of fused-ring (bicyclic) bond motifs is 6. The molecule has 2 aromatic rings. The summed E-state index contributed by atoms with van der Waals surface area (Å²) in [7, 11) is 5.84. The minimum Gasteiger partial charge on any atom is -0.507 e. The van der Waals surface area contributed by atoms with Gasteiger partial charge in [-0.25, -0.2) is 4.79 Å². The van der Waals surface area contributed by atoms with Gasteiger partial charge in [0.15, 0.2) is 24.6 Å². The molecule has 0 amide bonds. The summed E-state index contributed by atoms with van der Waals surface area (Å²) in [6.45, 7) is 2.93. The van der Waals surface area contributed by atoms with E-state index in [4.69, 9.17) is 37.9 Å². The monoisotopic (exact) mass is 725 g/mol. The van der Waals surface area contributed by atoms with E-state index in [0.29, 0.717) is 19.6 Å². The third-order valence-corrected chi connectivity index (χ3v) is 11.0. The van der Waals surface area contributed by atoms with Gasteiger partial charge in [-0.05, 0) is 31.9 Å². The van der Waals surface area contributed by atoms with E-state index in [1.54, 1.807) is 19.2 Å². The molecule has 3 heterocycles. The number of phenolic OH excluding ortho intramolecular Hbond substituents is 2. The van der Waals surface area contributed by atoms with Crippen molar-refractivity contribution < 1.29 is 67.6 Å². The molecule has 15 heteroatoms. The summed E-state index contributed by atoms with van der Waals surface area (Å²) >= 11 is 0. The van der Waals surface area contributed by atoms with E-state index in [-0.39, 0.29) is 70.7 Å². The fourth-order valence-electron chi connectivity index (χ4n) is 8.85. The average molecular weight is 726 g/mol. The molecule has 2 aromatic carbocycles. The van der Waals surface area contributed by atoms with Crippen LogP contribution in [0.2, 0.25) is 0 Å². The van der Waals surface area contributed by atoms with Crippen LogP contribution >= 0.6 is 0 Å². The van der Waals surface area contributed by atoms with Crippen molar-refractivity contribution in [3.63, 3.8) is 0 Å². The maximum Gasteiger partial charge on any atom is 0.328 e. The van der Waals surface area contributed by atoms with E-state index in [1.807, 2.05) is 6.92 Å². The molecule has 280 valence electrons. The zero-order valence-electron chi connectivity index (χ0n) is 29.5. The summed E-state index contributed by atoms with van der Waals surface area (Å²) in [5.74, 6) is -3.41. The number of aromatic hydroxyl groups is 2. The van der Waals surface area contributed by atoms with E-state index >= 15 is 0 Å². The Morgan fingerprint density at radius 1 is 1.08 bits per heavy atom. The summed E-state index contributed by atoms with van der Waals surface area (Å²) in [5, 5.41) is 33.7. The number of benzene rings is 2. The molecule has 3 aliphatic heterocycles. The Labute approximate surface area is 299 Å². The molecule has 5 aliphatic rings. The van der Waals surface area contributed by atoms with Gasteiger partial charge in [0.25, 0.3) is 0 Å². The molecule has 15 nitrogen and oxygen atoms in total. The van der Waals surface area contributed by atoms with Crippen LogP contribution in [-0.4, -0.2) is 129 Å². The first-order valence-corrected chi connectivity index (χ1v) is 17.1. The number of ketones is 2. The summed E-state index contributed by atoms with van der Waals surface area (Å²) in [6.07, 6.45) is -1.81. The van der Waals surface area contributed by atoms with Gasteiger partial charge in [-0.1, -0.05) is 12.1 Å². The fraction of sp³-hybridized carbons (Fsp3) is 0.541. The number of nitrogens with zero attached hydrogens (tertiary/aromatic N) is 1. The second kappa shape index (κ2) is 14.1. The van der Waals surface area contributed by atoms with Crippen molar-refractivity contribution in [2.45, 2.75) is 75.5 Å². The lowest BCUT2D eigenvalue weighted by Crippen LogP contribution is -2.55. The van der Waals surface area contributed by atoms with E-state index in [9.17, 15) is 29.7 Å². The number of carbonyl (C=O) groups is 3. The quantitative estimate of drug-likeness (QED) is 0.204. The highest BCUT2D eigenvalue weighted by atomic mass is 16.7. The van der Waals surface area contributed by atoms with Gasteiger partial charge in [0.1, 0.15) is 23.4 Å². The highest BCUT2D eigenvalue weighted by molar-refractivity contribution is 6.31. The molecule has 3 N–H and O–H groups in total. The number of morpholine rings is 1. The van der Waals surface area contributed by atoms with E-state index < -0.39 is 71.6 Å². The van der Waals surface area contributed by atoms with Gasteiger partial charge in [0.2, 0.25) is 5.78 Å². The SMILES string of the molecule is COC[C@@]1(C(/C=C\C(=O)O)OC)Cc2c(O)c3c(c(O)c2[C@@H](O[C@H]2C[C@H]4[C@H](O[C@@H]5[C@@H](OC)OCCN54)[C@H](C)O2)C1)C(=O)c1c(OC)cccc1C3=O. The van der Waals surface area contributed by atoms with Crippen molar-refractivity contribution in [1.29, 1.82) is 0 Å². The molecular weight excluding hydrogens is 682 g/mol. The van der Waals surface area contributed by atoms with Gasteiger partial charge in [-0.3, -0.25) is 14.5 Å². The minimum atomic E-state index is -1.19. The van der Waals surface area contributed by atoms with Crippen LogP contribution < -0.4 is 4.74 Å². The van der Waals surface area contributed by atoms with Gasteiger partial charge in [0.05, 0.1) is 55.3 Å². The molecule has 3 saturated heterocycles. The first-order chi connectivity index (χ1) is 25.0. The highest BCUT2D eigenvalue weighted by Gasteiger charge is 2.55. The molecule has 0 aromatic heterocycles. The van der Waals surface area contributed by atoms with Crippen LogP contribution in [0, 0.1) is 5.41 Å². The van der Waals surface area contributed by atoms with Crippen LogP contribution in [0.25, 0.3) is 0 Å². The zero-order valence-corrected chi connectivity index (χ0v) is 29.5. The van der Waals surface area contributed by atoms with Gasteiger partial charge in [-0.15, -0.1) is 0 Å². The number of carbonyl (C=O) groups excluding carboxylic acids is 2. The minimum absolute atomic E-state index is 0.00723. The van der Waals surface area contributed by atoms with Gasteiger partial charge < -0.3 is 53.2 Å². The molecule has 7 rings (SSSR count). The van der Waals surface area contributed by atoms with Crippen LogP contribution in [0.15, 0.2) is 30.4 Å². The molecule has 1 unspecified atom stereocenters. The third kappa shape index (κ3) is 5.80. The average Bonchev–Trinajstić information content (AvgIpc) is 3.51. The molecule has 0 bridgehead atoms. The van der Waals surface area contributed by atoms with E-state index in [1.165, 1.54) is 33.5 Å². The summed E-state index contributed by atoms with van der Waals surface area (Å²) in [5.41, 5.74) is -1.54. The fourth-order valence-corrected chi connectivity index (χ4v) is 8.85. The normalized spacial score (nSPS) is 31.8. The smallest absolute Gasteiger partial charge is 0.328 e. The number of hydrogen-bond acceptors (Lipinski definition) is 14. The third-order valence-electron chi connectivity index (χ3n) is 11.0. The van der Waals surface area contributed by atoms with Crippen LogP contribution in [0.4, 0.5) is 0 Å². The lowest BCUT2D eigenvalue weighted by Gasteiger charge is -2.47. The Morgan fingerprint density at radius 2 is 1.85 bits per heavy atom.